The molecule has 170 valence electrons. The summed E-state index contributed by atoms with van der Waals surface area (Å²) in [6.07, 6.45) is -3.66. The quantitative estimate of drug-likeness (QED) is 0.557. The minimum absolute atomic E-state index is 0.0297. The Morgan fingerprint density at radius 1 is 1.28 bits per heavy atom. The Morgan fingerprint density at radius 3 is 2.72 bits per heavy atom. The summed E-state index contributed by atoms with van der Waals surface area (Å²) in [6.45, 7) is 0.281. The summed E-state index contributed by atoms with van der Waals surface area (Å²) < 4.78 is 53.0. The molecule has 4 rings (SSSR count). The number of aromatic nitrogens is 2. The van der Waals surface area contributed by atoms with Crippen molar-refractivity contribution in [2.45, 2.75) is 31.2 Å². The second kappa shape index (κ2) is 8.73. The largest absolute Gasteiger partial charge is 0.493 e. The van der Waals surface area contributed by atoms with Crippen molar-refractivity contribution in [3.8, 4) is 11.5 Å². The molecule has 7 nitrogen and oxygen atoms in total. The van der Waals surface area contributed by atoms with E-state index in [9.17, 15) is 18.0 Å². The molecule has 1 amide bonds. The number of amides is 1. The number of halogens is 3. The second-order valence-electron chi connectivity index (χ2n) is 7.22. The Balaban J connectivity index is 1.66. The summed E-state index contributed by atoms with van der Waals surface area (Å²) in [5, 5.41) is 11.6. The number of fused-ring (bicyclic) bond motifs is 1. The predicted octanol–water partition coefficient (Wildman–Crippen LogP) is 4.55. The van der Waals surface area contributed by atoms with E-state index in [0.717, 1.165) is 9.56 Å². The molecular weight excluding hydrogens is 445 g/mol. The SMILES string of the molecule is COc1ccc(C2CC(C(F)(F)F)n3ncc(C(=O)NCc4cccs4)c3N2)cc1OC. The molecule has 3 heterocycles. The highest BCUT2D eigenvalue weighted by Crippen LogP contribution is 2.45. The number of alkyl halides is 3. The van der Waals surface area contributed by atoms with Gasteiger partial charge in [-0.05, 0) is 29.1 Å². The van der Waals surface area contributed by atoms with E-state index in [1.54, 1.807) is 18.2 Å². The number of rotatable bonds is 6. The minimum Gasteiger partial charge on any atom is -0.493 e. The van der Waals surface area contributed by atoms with Gasteiger partial charge in [-0.2, -0.15) is 18.3 Å². The number of carbonyl (C=O) groups is 1. The summed E-state index contributed by atoms with van der Waals surface area (Å²) in [4.78, 5) is 13.7. The molecule has 2 N–H and O–H groups in total. The molecule has 2 aromatic heterocycles. The standard InChI is InChI=1S/C21H21F3N4O3S/c1-30-16-6-5-12(8-17(16)31-2)15-9-18(21(22,23)24)28-19(27-15)14(11-26-28)20(29)25-10-13-4-3-7-32-13/h3-8,11,15,18,27H,9-10H2,1-2H3,(H,25,29). The lowest BCUT2D eigenvalue weighted by molar-refractivity contribution is -0.173. The maximum absolute atomic E-state index is 13.9. The molecule has 32 heavy (non-hydrogen) atoms. The highest BCUT2D eigenvalue weighted by molar-refractivity contribution is 7.09. The Labute approximate surface area is 186 Å². The first kappa shape index (κ1) is 22.0. The van der Waals surface area contributed by atoms with Crippen molar-refractivity contribution >= 4 is 23.1 Å². The molecule has 1 aliphatic heterocycles. The smallest absolute Gasteiger partial charge is 0.410 e. The van der Waals surface area contributed by atoms with Crippen molar-refractivity contribution < 1.29 is 27.4 Å². The van der Waals surface area contributed by atoms with E-state index >= 15 is 0 Å². The summed E-state index contributed by atoms with van der Waals surface area (Å²) in [5.74, 6) is 0.407. The summed E-state index contributed by atoms with van der Waals surface area (Å²) in [6, 6.07) is 6.08. The first-order valence-corrected chi connectivity index (χ1v) is 10.6. The molecule has 0 aliphatic carbocycles. The van der Waals surface area contributed by atoms with Gasteiger partial charge in [0.1, 0.15) is 11.4 Å². The molecule has 1 aromatic carbocycles. The third-order valence-electron chi connectivity index (χ3n) is 5.30. The summed E-state index contributed by atoms with van der Waals surface area (Å²) >= 11 is 1.48. The molecule has 0 saturated heterocycles. The maximum Gasteiger partial charge on any atom is 0.410 e. The molecule has 0 fully saturated rings. The van der Waals surface area contributed by atoms with E-state index in [1.807, 2.05) is 17.5 Å². The fraction of sp³-hybridized carbons (Fsp3) is 0.333. The van der Waals surface area contributed by atoms with Crippen LogP contribution in [-0.2, 0) is 6.54 Å². The summed E-state index contributed by atoms with van der Waals surface area (Å²) in [5.41, 5.74) is 0.635. The van der Waals surface area contributed by atoms with E-state index in [-0.39, 0.29) is 24.3 Å². The topological polar surface area (TPSA) is 77.4 Å². The monoisotopic (exact) mass is 466 g/mol. The molecule has 3 aromatic rings. The maximum atomic E-state index is 13.9. The van der Waals surface area contributed by atoms with Gasteiger partial charge < -0.3 is 20.1 Å². The number of hydrogen-bond acceptors (Lipinski definition) is 6. The lowest BCUT2D eigenvalue weighted by Gasteiger charge is -2.34. The average molecular weight is 466 g/mol. The van der Waals surface area contributed by atoms with Crippen molar-refractivity contribution in [2.24, 2.45) is 0 Å². The minimum atomic E-state index is -4.54. The lowest BCUT2D eigenvalue weighted by atomic mass is 9.96. The van der Waals surface area contributed by atoms with Crippen molar-refractivity contribution in [3.05, 3.63) is 57.9 Å². The fourth-order valence-corrected chi connectivity index (χ4v) is 4.34. The van der Waals surface area contributed by atoms with Crippen molar-refractivity contribution in [1.82, 2.24) is 15.1 Å². The molecule has 0 spiro atoms. The van der Waals surface area contributed by atoms with Crippen LogP contribution >= 0.6 is 11.3 Å². The number of hydrogen-bond donors (Lipinski definition) is 2. The normalized spacial score (nSPS) is 17.9. The number of nitrogens with zero attached hydrogens (tertiary/aromatic N) is 2. The Kier molecular flexibility index (Phi) is 6.00. The third-order valence-corrected chi connectivity index (χ3v) is 6.17. The van der Waals surface area contributed by atoms with Crippen LogP contribution in [0.4, 0.5) is 19.0 Å². The first-order valence-electron chi connectivity index (χ1n) is 9.75. The van der Waals surface area contributed by atoms with Crippen LogP contribution in [-0.4, -0.2) is 36.1 Å². The van der Waals surface area contributed by atoms with E-state index in [4.69, 9.17) is 9.47 Å². The second-order valence-corrected chi connectivity index (χ2v) is 8.25. The molecule has 0 bridgehead atoms. The molecular formula is C21H21F3N4O3S. The molecule has 1 aliphatic rings. The Bertz CT molecular complexity index is 1100. The van der Waals surface area contributed by atoms with Crippen LogP contribution in [0.25, 0.3) is 0 Å². The van der Waals surface area contributed by atoms with Gasteiger partial charge in [0.15, 0.2) is 17.5 Å². The van der Waals surface area contributed by atoms with Crippen molar-refractivity contribution in [2.75, 3.05) is 19.5 Å². The van der Waals surface area contributed by atoms with E-state index in [2.05, 4.69) is 15.7 Å². The van der Waals surface area contributed by atoms with E-state index < -0.39 is 24.2 Å². The first-order chi connectivity index (χ1) is 15.3. The van der Waals surface area contributed by atoms with Gasteiger partial charge in [-0.3, -0.25) is 4.79 Å². The number of nitrogens with one attached hydrogen (secondary N) is 2. The van der Waals surface area contributed by atoms with Gasteiger partial charge in [0, 0.05) is 11.3 Å². The van der Waals surface area contributed by atoms with Crippen molar-refractivity contribution in [1.29, 1.82) is 0 Å². The van der Waals surface area contributed by atoms with E-state index in [0.29, 0.717) is 17.1 Å². The van der Waals surface area contributed by atoms with Crippen LogP contribution < -0.4 is 20.1 Å². The highest BCUT2D eigenvalue weighted by Gasteiger charge is 2.47. The number of methoxy groups -OCH3 is 2. The Hall–Kier alpha value is -3.21. The van der Waals surface area contributed by atoms with Crippen molar-refractivity contribution in [3.63, 3.8) is 0 Å². The molecule has 2 unspecified atom stereocenters. The van der Waals surface area contributed by atoms with E-state index in [1.165, 1.54) is 31.8 Å². The highest BCUT2D eigenvalue weighted by atomic mass is 32.1. The molecule has 0 saturated carbocycles. The van der Waals surface area contributed by atoms with Crippen LogP contribution in [0.5, 0.6) is 11.5 Å². The van der Waals surface area contributed by atoms with Crippen LogP contribution in [0.15, 0.2) is 41.9 Å². The molecule has 2 atom stereocenters. The Morgan fingerprint density at radius 2 is 2.06 bits per heavy atom. The van der Waals surface area contributed by atoms with Gasteiger partial charge in [0.25, 0.3) is 5.91 Å². The van der Waals surface area contributed by atoms with Gasteiger partial charge in [0.2, 0.25) is 0 Å². The van der Waals surface area contributed by atoms with Gasteiger partial charge in [-0.1, -0.05) is 12.1 Å². The molecule has 11 heteroatoms. The van der Waals surface area contributed by atoms with Gasteiger partial charge in [-0.15, -0.1) is 11.3 Å². The average Bonchev–Trinajstić information content (AvgIpc) is 3.45. The predicted molar refractivity (Wildman–Crippen MR) is 113 cm³/mol. The lowest BCUT2D eigenvalue weighted by Crippen LogP contribution is -2.36. The summed E-state index contributed by atoms with van der Waals surface area (Å²) in [7, 11) is 2.94. The van der Waals surface area contributed by atoms with Crippen LogP contribution in [0, 0.1) is 0 Å². The fourth-order valence-electron chi connectivity index (χ4n) is 3.69. The zero-order chi connectivity index (χ0) is 22.9. The number of ether oxygens (including phenoxy) is 2. The van der Waals surface area contributed by atoms with Gasteiger partial charge >= 0.3 is 6.18 Å². The number of thiophene rings is 1. The zero-order valence-corrected chi connectivity index (χ0v) is 18.1. The van der Waals surface area contributed by atoms with Crippen LogP contribution in [0.3, 0.4) is 0 Å². The third kappa shape index (κ3) is 4.24. The number of anilines is 1. The number of carbonyl (C=O) groups excluding carboxylic acids is 1. The van der Waals surface area contributed by atoms with Gasteiger partial charge in [0.05, 0.1) is 33.0 Å². The molecule has 0 radical (unpaired) electrons. The number of benzene rings is 1. The van der Waals surface area contributed by atoms with Crippen LogP contribution in [0.2, 0.25) is 0 Å². The zero-order valence-electron chi connectivity index (χ0n) is 17.3. The van der Waals surface area contributed by atoms with Crippen LogP contribution in [0.1, 0.15) is 39.3 Å². The van der Waals surface area contributed by atoms with Gasteiger partial charge in [-0.25, -0.2) is 4.68 Å².